The molecular weight excluding hydrogens is 485 g/mol. The lowest BCUT2D eigenvalue weighted by molar-refractivity contribution is -0.887. The fourth-order valence-electron chi connectivity index (χ4n) is 5.44. The van der Waals surface area contributed by atoms with Gasteiger partial charge in [-0.3, -0.25) is 13.8 Å². The van der Waals surface area contributed by atoms with E-state index in [0.717, 1.165) is 38.6 Å². The number of likely N-dealkylation sites (tertiary alicyclic amines) is 1. The summed E-state index contributed by atoms with van der Waals surface area (Å²) in [5.74, 6) is 0.221. The van der Waals surface area contributed by atoms with Gasteiger partial charge >= 0.3 is 7.82 Å². The van der Waals surface area contributed by atoms with Crippen LogP contribution in [0.2, 0.25) is 0 Å². The standard InChI is InChI=1S/C30H60NO5P/c1-3-5-6-7-8-9-10-11-12-13-14-15-16-17-22-29(27-30(32)21-4-2)28-36-37(33,34)35-26-20-25-31-23-18-19-24-31/h29H,3-28H2,1-2H3,(H,33,34)/p+1. The summed E-state index contributed by atoms with van der Waals surface area (Å²) in [5.41, 5.74) is 0. The van der Waals surface area contributed by atoms with Crippen LogP contribution < -0.4 is 4.90 Å². The van der Waals surface area contributed by atoms with Gasteiger partial charge in [0.25, 0.3) is 0 Å². The number of hydrogen-bond acceptors (Lipinski definition) is 4. The first-order valence-electron chi connectivity index (χ1n) is 15.9. The first kappa shape index (κ1) is 34.8. The molecule has 1 rings (SSSR count). The predicted octanol–water partition coefficient (Wildman–Crippen LogP) is 7.44. The molecule has 1 fully saturated rings. The van der Waals surface area contributed by atoms with Gasteiger partial charge < -0.3 is 9.79 Å². The number of phosphoric ester groups is 1. The fraction of sp³-hybridized carbons (Fsp3) is 0.967. The molecule has 0 amide bonds. The summed E-state index contributed by atoms with van der Waals surface area (Å²) in [7, 11) is -4.06. The lowest BCUT2D eigenvalue weighted by Crippen LogP contribution is -3.10. The summed E-state index contributed by atoms with van der Waals surface area (Å²) in [6.45, 7) is 8.02. The summed E-state index contributed by atoms with van der Waals surface area (Å²) >= 11 is 0. The van der Waals surface area contributed by atoms with Crippen molar-refractivity contribution < 1.29 is 28.2 Å². The highest BCUT2D eigenvalue weighted by Crippen LogP contribution is 2.44. The smallest absolute Gasteiger partial charge is 0.335 e. The Kier molecular flexibility index (Phi) is 22.2. The molecule has 1 aliphatic heterocycles. The van der Waals surface area contributed by atoms with Crippen molar-refractivity contribution in [3.8, 4) is 0 Å². The molecular formula is C30H61NO5P+. The van der Waals surface area contributed by atoms with E-state index in [0.29, 0.717) is 12.8 Å². The zero-order valence-corrected chi connectivity index (χ0v) is 25.4. The predicted molar refractivity (Wildman–Crippen MR) is 154 cm³/mol. The molecule has 1 heterocycles. The maximum absolute atomic E-state index is 12.3. The number of Topliss-reactive ketones (excluding diaryl/α,β-unsaturated/α-hetero) is 1. The van der Waals surface area contributed by atoms with Gasteiger partial charge in [0.15, 0.2) is 0 Å². The fourth-order valence-corrected chi connectivity index (χ4v) is 6.27. The average Bonchev–Trinajstić information content (AvgIpc) is 3.39. The molecule has 2 N–H and O–H groups in total. The molecule has 0 aliphatic carbocycles. The normalized spacial score (nSPS) is 16.7. The van der Waals surface area contributed by atoms with Crippen molar-refractivity contribution in [1.82, 2.24) is 0 Å². The van der Waals surface area contributed by atoms with Gasteiger partial charge in [0.2, 0.25) is 0 Å². The molecule has 6 nitrogen and oxygen atoms in total. The van der Waals surface area contributed by atoms with E-state index in [1.54, 1.807) is 4.90 Å². The number of rotatable bonds is 27. The summed E-state index contributed by atoms with van der Waals surface area (Å²) in [4.78, 5) is 23.9. The highest BCUT2D eigenvalue weighted by Gasteiger charge is 2.25. The van der Waals surface area contributed by atoms with Crippen LogP contribution in [0.5, 0.6) is 0 Å². The number of phosphoric acid groups is 1. The second-order valence-corrected chi connectivity index (χ2v) is 12.9. The molecule has 37 heavy (non-hydrogen) atoms. The van der Waals surface area contributed by atoms with E-state index in [2.05, 4.69) is 6.92 Å². The Morgan fingerprint density at radius 3 is 1.86 bits per heavy atom. The van der Waals surface area contributed by atoms with Crippen molar-refractivity contribution in [3.05, 3.63) is 0 Å². The lowest BCUT2D eigenvalue weighted by Gasteiger charge is -2.19. The molecule has 0 radical (unpaired) electrons. The molecule has 0 spiro atoms. The van der Waals surface area contributed by atoms with Gasteiger partial charge in [0.05, 0.1) is 32.8 Å². The molecule has 7 heteroatoms. The number of quaternary nitrogens is 1. The van der Waals surface area contributed by atoms with E-state index in [1.807, 2.05) is 6.92 Å². The number of carbonyl (C=O) groups excluding carboxylic acids is 1. The zero-order valence-electron chi connectivity index (χ0n) is 24.5. The SMILES string of the molecule is CCCCCCCCCCCCCCCCC(COP(=O)(O)OCCC[NH+]1CCCC1)CC(=O)CCC. The van der Waals surface area contributed by atoms with Gasteiger partial charge in [-0.15, -0.1) is 0 Å². The first-order valence-corrected chi connectivity index (χ1v) is 17.4. The second kappa shape index (κ2) is 23.6. The third-order valence-corrected chi connectivity index (χ3v) is 8.71. The average molecular weight is 547 g/mol. The number of nitrogens with one attached hydrogen (secondary N) is 1. The van der Waals surface area contributed by atoms with E-state index in [1.165, 1.54) is 103 Å². The maximum Gasteiger partial charge on any atom is 0.472 e. The van der Waals surface area contributed by atoms with Gasteiger partial charge in [0.1, 0.15) is 5.78 Å². The Morgan fingerprint density at radius 2 is 1.32 bits per heavy atom. The topological polar surface area (TPSA) is 77.3 Å². The van der Waals surface area contributed by atoms with E-state index in [9.17, 15) is 14.3 Å². The van der Waals surface area contributed by atoms with Crippen LogP contribution in [-0.2, 0) is 18.4 Å². The van der Waals surface area contributed by atoms with Crippen LogP contribution in [0.25, 0.3) is 0 Å². The van der Waals surface area contributed by atoms with Crippen molar-refractivity contribution in [2.75, 3.05) is 32.8 Å². The minimum absolute atomic E-state index is 0.00510. The van der Waals surface area contributed by atoms with Crippen LogP contribution in [0.15, 0.2) is 0 Å². The largest absolute Gasteiger partial charge is 0.472 e. The number of ketones is 1. The summed E-state index contributed by atoms with van der Waals surface area (Å²) in [6, 6.07) is 0. The number of unbranched alkanes of at least 4 members (excludes halogenated alkanes) is 13. The molecule has 0 aromatic carbocycles. The van der Waals surface area contributed by atoms with Crippen molar-refractivity contribution >= 4 is 13.6 Å². The molecule has 1 saturated heterocycles. The van der Waals surface area contributed by atoms with Crippen LogP contribution in [0.4, 0.5) is 0 Å². The molecule has 0 saturated carbocycles. The molecule has 0 bridgehead atoms. The Hall–Kier alpha value is -0.260. The van der Waals surface area contributed by atoms with E-state index in [4.69, 9.17) is 9.05 Å². The minimum atomic E-state index is -4.06. The van der Waals surface area contributed by atoms with Crippen LogP contribution in [-0.4, -0.2) is 43.5 Å². The highest BCUT2D eigenvalue weighted by atomic mass is 31.2. The Morgan fingerprint density at radius 1 is 0.784 bits per heavy atom. The Bertz CT molecular complexity index is 582. The number of carbonyl (C=O) groups is 1. The van der Waals surface area contributed by atoms with E-state index in [-0.39, 0.29) is 24.9 Å². The van der Waals surface area contributed by atoms with Crippen LogP contribution in [0.1, 0.15) is 149 Å². The van der Waals surface area contributed by atoms with Crippen molar-refractivity contribution in [2.24, 2.45) is 5.92 Å². The molecule has 2 unspecified atom stereocenters. The van der Waals surface area contributed by atoms with Gasteiger partial charge in [-0.1, -0.05) is 104 Å². The van der Waals surface area contributed by atoms with Crippen LogP contribution in [0.3, 0.4) is 0 Å². The van der Waals surface area contributed by atoms with Crippen LogP contribution >= 0.6 is 7.82 Å². The quantitative estimate of drug-likeness (QED) is 0.0827. The van der Waals surface area contributed by atoms with E-state index >= 15 is 0 Å². The van der Waals surface area contributed by atoms with E-state index < -0.39 is 7.82 Å². The summed E-state index contributed by atoms with van der Waals surface area (Å²) in [6.07, 6.45) is 24.5. The molecule has 0 aromatic rings. The van der Waals surface area contributed by atoms with Crippen molar-refractivity contribution in [2.45, 2.75) is 149 Å². The second-order valence-electron chi connectivity index (χ2n) is 11.4. The zero-order chi connectivity index (χ0) is 27.0. The molecule has 0 aromatic heterocycles. The van der Waals surface area contributed by atoms with Crippen molar-refractivity contribution in [3.63, 3.8) is 0 Å². The Balaban J connectivity index is 2.14. The summed E-state index contributed by atoms with van der Waals surface area (Å²) < 4.78 is 22.9. The third-order valence-electron chi connectivity index (χ3n) is 7.72. The first-order chi connectivity index (χ1) is 18.0. The highest BCUT2D eigenvalue weighted by molar-refractivity contribution is 7.47. The molecule has 1 aliphatic rings. The van der Waals surface area contributed by atoms with Crippen LogP contribution in [0, 0.1) is 5.92 Å². The minimum Gasteiger partial charge on any atom is -0.335 e. The monoisotopic (exact) mass is 546 g/mol. The Labute approximate surface area is 229 Å². The van der Waals surface area contributed by atoms with Gasteiger partial charge in [-0.2, -0.15) is 0 Å². The van der Waals surface area contributed by atoms with Gasteiger partial charge in [-0.05, 0) is 18.8 Å². The lowest BCUT2D eigenvalue weighted by atomic mass is 9.94. The van der Waals surface area contributed by atoms with Crippen molar-refractivity contribution in [1.29, 1.82) is 0 Å². The number of hydrogen-bond donors (Lipinski definition) is 2. The molecule has 220 valence electrons. The third kappa shape index (κ3) is 21.3. The van der Waals surface area contributed by atoms with Gasteiger partial charge in [0, 0.05) is 32.1 Å². The van der Waals surface area contributed by atoms with Gasteiger partial charge in [-0.25, -0.2) is 4.57 Å². The maximum atomic E-state index is 12.3. The summed E-state index contributed by atoms with van der Waals surface area (Å²) in [5, 5.41) is 0. The molecule has 2 atom stereocenters.